The van der Waals surface area contributed by atoms with Gasteiger partial charge in [-0.1, -0.05) is 13.0 Å². The average molecular weight is 221 g/mol. The summed E-state index contributed by atoms with van der Waals surface area (Å²) in [5.74, 6) is 0.0817. The van der Waals surface area contributed by atoms with Crippen molar-refractivity contribution in [2.45, 2.75) is 32.4 Å². The fraction of sp³-hybridized carbons (Fsp3) is 0.500. The predicted molar refractivity (Wildman–Crippen MR) is 63.6 cm³/mol. The molecule has 1 aromatic heterocycles. The molecule has 1 aromatic rings. The first-order valence-electron chi connectivity index (χ1n) is 5.52. The van der Waals surface area contributed by atoms with Crippen molar-refractivity contribution in [2.24, 2.45) is 5.73 Å². The lowest BCUT2D eigenvalue weighted by molar-refractivity contribution is -0.130. The molecule has 1 amide bonds. The Bertz CT molecular complexity index is 326. The van der Waals surface area contributed by atoms with E-state index in [9.17, 15) is 4.79 Å². The van der Waals surface area contributed by atoms with Gasteiger partial charge in [-0.15, -0.1) is 0 Å². The zero-order chi connectivity index (χ0) is 12.0. The standard InChI is InChI=1S/C12H19N3O/c1-3-11(13)7-12(16)15(2)9-10-5-4-6-14-8-10/h4-6,8,11H,3,7,9,13H2,1-2H3. The molecule has 0 radical (unpaired) electrons. The van der Waals surface area contributed by atoms with Crippen molar-refractivity contribution in [3.63, 3.8) is 0 Å². The molecule has 4 nitrogen and oxygen atoms in total. The molecule has 0 aliphatic rings. The summed E-state index contributed by atoms with van der Waals surface area (Å²) >= 11 is 0. The van der Waals surface area contributed by atoms with Crippen molar-refractivity contribution in [3.8, 4) is 0 Å². The first-order valence-corrected chi connectivity index (χ1v) is 5.52. The zero-order valence-electron chi connectivity index (χ0n) is 9.89. The molecule has 0 aromatic carbocycles. The quantitative estimate of drug-likeness (QED) is 0.812. The van der Waals surface area contributed by atoms with E-state index < -0.39 is 0 Å². The summed E-state index contributed by atoms with van der Waals surface area (Å²) in [5.41, 5.74) is 6.78. The van der Waals surface area contributed by atoms with Gasteiger partial charge < -0.3 is 10.6 Å². The molecule has 0 saturated carbocycles. The van der Waals surface area contributed by atoms with Gasteiger partial charge in [-0.25, -0.2) is 0 Å². The number of hydrogen-bond donors (Lipinski definition) is 1. The van der Waals surface area contributed by atoms with E-state index >= 15 is 0 Å². The molecule has 0 aliphatic carbocycles. The number of pyridine rings is 1. The topological polar surface area (TPSA) is 59.2 Å². The van der Waals surface area contributed by atoms with Gasteiger partial charge in [0.1, 0.15) is 0 Å². The van der Waals surface area contributed by atoms with Crippen LogP contribution in [0.1, 0.15) is 25.3 Å². The van der Waals surface area contributed by atoms with Crippen LogP contribution in [-0.2, 0) is 11.3 Å². The second-order valence-corrected chi connectivity index (χ2v) is 3.98. The number of amides is 1. The Morgan fingerprint density at radius 1 is 1.62 bits per heavy atom. The van der Waals surface area contributed by atoms with Crippen molar-refractivity contribution >= 4 is 5.91 Å². The minimum atomic E-state index is -0.0381. The second-order valence-electron chi connectivity index (χ2n) is 3.98. The monoisotopic (exact) mass is 221 g/mol. The van der Waals surface area contributed by atoms with E-state index in [1.54, 1.807) is 24.3 Å². The third kappa shape index (κ3) is 3.98. The van der Waals surface area contributed by atoms with Crippen LogP contribution in [0.5, 0.6) is 0 Å². The molecule has 0 bridgehead atoms. The Labute approximate surface area is 96.5 Å². The minimum absolute atomic E-state index is 0.0381. The molecule has 4 heteroatoms. The lowest BCUT2D eigenvalue weighted by Crippen LogP contribution is -2.32. The number of rotatable bonds is 5. The summed E-state index contributed by atoms with van der Waals surface area (Å²) in [6, 6.07) is 3.78. The third-order valence-corrected chi connectivity index (χ3v) is 2.53. The van der Waals surface area contributed by atoms with Crippen LogP contribution in [0.3, 0.4) is 0 Å². The van der Waals surface area contributed by atoms with Gasteiger partial charge in [-0.05, 0) is 18.1 Å². The summed E-state index contributed by atoms with van der Waals surface area (Å²) in [6.07, 6.45) is 4.72. The van der Waals surface area contributed by atoms with E-state index in [4.69, 9.17) is 5.73 Å². The molecule has 1 heterocycles. The second kappa shape index (κ2) is 6.23. The smallest absolute Gasteiger partial charge is 0.224 e. The van der Waals surface area contributed by atoms with Gasteiger partial charge in [0.15, 0.2) is 0 Å². The van der Waals surface area contributed by atoms with Crippen LogP contribution in [0.2, 0.25) is 0 Å². The van der Waals surface area contributed by atoms with Crippen molar-refractivity contribution in [3.05, 3.63) is 30.1 Å². The molecule has 0 fully saturated rings. The summed E-state index contributed by atoms with van der Waals surface area (Å²) in [6.45, 7) is 2.57. The van der Waals surface area contributed by atoms with Crippen molar-refractivity contribution in [2.75, 3.05) is 7.05 Å². The highest BCUT2D eigenvalue weighted by atomic mass is 16.2. The molecular weight excluding hydrogens is 202 g/mol. The number of aromatic nitrogens is 1. The van der Waals surface area contributed by atoms with Gasteiger partial charge in [0.05, 0.1) is 0 Å². The molecule has 1 rings (SSSR count). The van der Waals surface area contributed by atoms with E-state index in [-0.39, 0.29) is 11.9 Å². The molecule has 1 unspecified atom stereocenters. The Balaban J connectivity index is 2.46. The fourth-order valence-corrected chi connectivity index (χ4v) is 1.38. The summed E-state index contributed by atoms with van der Waals surface area (Å²) in [5, 5.41) is 0. The van der Waals surface area contributed by atoms with Crippen LogP contribution in [0.4, 0.5) is 0 Å². The Kier molecular flexibility index (Phi) is 4.92. The Hall–Kier alpha value is -1.42. The molecule has 0 aliphatic heterocycles. The predicted octanol–water partition coefficient (Wildman–Crippen LogP) is 1.17. The van der Waals surface area contributed by atoms with Crippen LogP contribution in [0.15, 0.2) is 24.5 Å². The number of carbonyl (C=O) groups is 1. The summed E-state index contributed by atoms with van der Waals surface area (Å²) in [7, 11) is 1.79. The van der Waals surface area contributed by atoms with Crippen LogP contribution >= 0.6 is 0 Å². The highest BCUT2D eigenvalue weighted by Gasteiger charge is 2.12. The fourth-order valence-electron chi connectivity index (χ4n) is 1.38. The maximum Gasteiger partial charge on any atom is 0.224 e. The molecule has 2 N–H and O–H groups in total. The summed E-state index contributed by atoms with van der Waals surface area (Å²) < 4.78 is 0. The molecule has 88 valence electrons. The first kappa shape index (κ1) is 12.6. The molecule has 0 saturated heterocycles. The molecule has 0 spiro atoms. The largest absolute Gasteiger partial charge is 0.341 e. The molecular formula is C12H19N3O. The number of nitrogens with two attached hydrogens (primary N) is 1. The van der Waals surface area contributed by atoms with E-state index in [2.05, 4.69) is 4.98 Å². The third-order valence-electron chi connectivity index (χ3n) is 2.53. The minimum Gasteiger partial charge on any atom is -0.341 e. The highest BCUT2D eigenvalue weighted by molar-refractivity contribution is 5.76. The lowest BCUT2D eigenvalue weighted by Gasteiger charge is -2.18. The summed E-state index contributed by atoms with van der Waals surface area (Å²) in [4.78, 5) is 17.4. The maximum absolute atomic E-state index is 11.7. The van der Waals surface area contributed by atoms with Gasteiger partial charge in [0, 0.05) is 38.4 Å². The maximum atomic E-state index is 11.7. The SMILES string of the molecule is CCC(N)CC(=O)N(C)Cc1cccnc1. The van der Waals surface area contributed by atoms with Gasteiger partial charge in [-0.3, -0.25) is 9.78 Å². The Morgan fingerprint density at radius 3 is 2.94 bits per heavy atom. The Morgan fingerprint density at radius 2 is 2.38 bits per heavy atom. The van der Waals surface area contributed by atoms with Gasteiger partial charge in [-0.2, -0.15) is 0 Å². The average Bonchev–Trinajstić information content (AvgIpc) is 2.30. The first-order chi connectivity index (χ1) is 7.63. The van der Waals surface area contributed by atoms with E-state index in [1.807, 2.05) is 19.1 Å². The van der Waals surface area contributed by atoms with Crippen LogP contribution in [0, 0.1) is 0 Å². The van der Waals surface area contributed by atoms with E-state index in [0.717, 1.165) is 12.0 Å². The van der Waals surface area contributed by atoms with Crippen molar-refractivity contribution in [1.29, 1.82) is 0 Å². The number of hydrogen-bond acceptors (Lipinski definition) is 3. The van der Waals surface area contributed by atoms with E-state index in [1.165, 1.54) is 0 Å². The molecule has 16 heavy (non-hydrogen) atoms. The van der Waals surface area contributed by atoms with Crippen LogP contribution in [0.25, 0.3) is 0 Å². The number of nitrogens with zero attached hydrogens (tertiary/aromatic N) is 2. The van der Waals surface area contributed by atoms with Crippen molar-refractivity contribution < 1.29 is 4.79 Å². The number of carbonyl (C=O) groups excluding carboxylic acids is 1. The van der Waals surface area contributed by atoms with Crippen LogP contribution < -0.4 is 5.73 Å². The van der Waals surface area contributed by atoms with Gasteiger partial charge in [0.2, 0.25) is 5.91 Å². The lowest BCUT2D eigenvalue weighted by atomic mass is 10.1. The van der Waals surface area contributed by atoms with Crippen molar-refractivity contribution in [1.82, 2.24) is 9.88 Å². The highest BCUT2D eigenvalue weighted by Crippen LogP contribution is 2.04. The van der Waals surface area contributed by atoms with E-state index in [0.29, 0.717) is 13.0 Å². The van der Waals surface area contributed by atoms with Crippen LogP contribution in [-0.4, -0.2) is 28.9 Å². The molecule has 1 atom stereocenters. The zero-order valence-corrected chi connectivity index (χ0v) is 9.89. The van der Waals surface area contributed by atoms with Gasteiger partial charge >= 0.3 is 0 Å². The van der Waals surface area contributed by atoms with Gasteiger partial charge in [0.25, 0.3) is 0 Å². The normalized spacial score (nSPS) is 12.2.